The molecule has 0 aliphatic carbocycles. The average Bonchev–Trinajstić information content (AvgIpc) is 3.14. The molecular weight excluding hydrogens is 440 g/mol. The van der Waals surface area contributed by atoms with Crippen LogP contribution in [0.25, 0.3) is 0 Å². The topological polar surface area (TPSA) is 107 Å². The molecule has 2 aromatic carbocycles. The minimum atomic E-state index is -1.64. The van der Waals surface area contributed by atoms with Crippen molar-refractivity contribution in [2.45, 2.75) is 25.0 Å². The van der Waals surface area contributed by atoms with Crippen molar-refractivity contribution in [3.05, 3.63) is 64.1 Å². The third kappa shape index (κ3) is 3.03. The molecule has 2 aliphatic rings. The van der Waals surface area contributed by atoms with Crippen LogP contribution >= 0.6 is 15.9 Å². The molecule has 4 atom stereocenters. The summed E-state index contributed by atoms with van der Waals surface area (Å²) in [5, 5.41) is 23.2. The predicted molar refractivity (Wildman–Crippen MR) is 107 cm³/mol. The van der Waals surface area contributed by atoms with E-state index in [1.807, 2.05) is 18.2 Å². The molecule has 2 aliphatic heterocycles. The van der Waals surface area contributed by atoms with Gasteiger partial charge in [-0.05, 0) is 30.7 Å². The number of hydrogen-bond donors (Lipinski definition) is 3. The van der Waals surface area contributed by atoms with Gasteiger partial charge in [0.15, 0.2) is 0 Å². The van der Waals surface area contributed by atoms with E-state index in [9.17, 15) is 24.6 Å². The third-order valence-corrected chi connectivity index (χ3v) is 6.32. The minimum absolute atomic E-state index is 0.0687. The summed E-state index contributed by atoms with van der Waals surface area (Å²) in [6.07, 6.45) is 0. The molecule has 8 heteroatoms. The number of phenolic OH excluding ortho intramolecular Hbond substituents is 1. The lowest BCUT2D eigenvalue weighted by atomic mass is 9.80. The first-order chi connectivity index (χ1) is 13.7. The van der Waals surface area contributed by atoms with E-state index >= 15 is 0 Å². The number of rotatable bonds is 4. The number of carbonyl (C=O) groups is 3. The zero-order valence-electron chi connectivity index (χ0n) is 15.5. The Kier molecular flexibility index (Phi) is 4.71. The van der Waals surface area contributed by atoms with E-state index in [0.717, 1.165) is 10.5 Å². The van der Waals surface area contributed by atoms with Crippen LogP contribution in [-0.2, 0) is 20.9 Å². The van der Waals surface area contributed by atoms with Crippen LogP contribution in [0.4, 0.5) is 0 Å². The number of benzene rings is 2. The fourth-order valence-corrected chi connectivity index (χ4v) is 4.74. The number of carboxylic acid groups (broad SMARTS) is 1. The number of hydrogen-bond acceptors (Lipinski definition) is 5. The first kappa shape index (κ1) is 19.6. The predicted octanol–water partition coefficient (Wildman–Crippen LogP) is 2.44. The zero-order valence-corrected chi connectivity index (χ0v) is 17.1. The van der Waals surface area contributed by atoms with Gasteiger partial charge in [-0.25, -0.2) is 0 Å². The molecule has 2 heterocycles. The van der Waals surface area contributed by atoms with Gasteiger partial charge in [0, 0.05) is 16.1 Å². The molecule has 0 radical (unpaired) electrons. The van der Waals surface area contributed by atoms with Crippen LogP contribution in [0.15, 0.2) is 53.0 Å². The molecule has 2 fully saturated rings. The second-order valence-electron chi connectivity index (χ2n) is 7.58. The van der Waals surface area contributed by atoms with Crippen molar-refractivity contribution in [1.29, 1.82) is 0 Å². The molecular formula is C21H19BrN2O5. The highest BCUT2D eigenvalue weighted by Crippen LogP contribution is 2.50. The molecule has 2 saturated heterocycles. The smallest absolute Gasteiger partial charge is 0.324 e. The second kappa shape index (κ2) is 6.96. The lowest BCUT2D eigenvalue weighted by molar-refractivity contribution is -0.150. The van der Waals surface area contributed by atoms with Gasteiger partial charge in [0.1, 0.15) is 11.3 Å². The summed E-state index contributed by atoms with van der Waals surface area (Å²) in [4.78, 5) is 39.7. The first-order valence-corrected chi connectivity index (χ1v) is 9.92. The van der Waals surface area contributed by atoms with E-state index in [0.29, 0.717) is 10.0 Å². The van der Waals surface area contributed by atoms with Crippen molar-refractivity contribution in [2.24, 2.45) is 11.8 Å². The molecule has 0 bridgehead atoms. The summed E-state index contributed by atoms with van der Waals surface area (Å²) in [6, 6.07) is 13.0. The van der Waals surface area contributed by atoms with Gasteiger partial charge >= 0.3 is 5.97 Å². The van der Waals surface area contributed by atoms with Crippen LogP contribution < -0.4 is 5.32 Å². The van der Waals surface area contributed by atoms with Crippen molar-refractivity contribution < 1.29 is 24.6 Å². The zero-order chi connectivity index (χ0) is 20.9. The highest BCUT2D eigenvalue weighted by molar-refractivity contribution is 9.10. The summed E-state index contributed by atoms with van der Waals surface area (Å²) in [7, 11) is 0. The maximum atomic E-state index is 13.3. The number of halogens is 1. The van der Waals surface area contributed by atoms with Crippen molar-refractivity contribution in [3.8, 4) is 5.75 Å². The number of phenols is 1. The van der Waals surface area contributed by atoms with Gasteiger partial charge in [-0.3, -0.25) is 24.6 Å². The van der Waals surface area contributed by atoms with Crippen molar-refractivity contribution in [3.63, 3.8) is 0 Å². The summed E-state index contributed by atoms with van der Waals surface area (Å²) in [5.74, 6) is -4.23. The van der Waals surface area contributed by atoms with Crippen LogP contribution in [0.2, 0.25) is 0 Å². The Morgan fingerprint density at radius 1 is 1.17 bits per heavy atom. The van der Waals surface area contributed by atoms with Crippen LogP contribution in [0, 0.1) is 11.8 Å². The summed E-state index contributed by atoms with van der Waals surface area (Å²) in [5.41, 5.74) is -0.481. The SMILES string of the molecule is C[C@]1(C(=O)O)N[C@H](c2cc(Br)ccc2O)[C@H]2C(=O)N(Cc3ccccc3)C(=O)[C@@H]21. The minimum Gasteiger partial charge on any atom is -0.508 e. The number of aromatic hydroxyl groups is 1. The monoisotopic (exact) mass is 458 g/mol. The van der Waals surface area contributed by atoms with Gasteiger partial charge in [0.2, 0.25) is 11.8 Å². The lowest BCUT2D eigenvalue weighted by Crippen LogP contribution is -2.53. The van der Waals surface area contributed by atoms with Crippen LogP contribution in [-0.4, -0.2) is 38.4 Å². The van der Waals surface area contributed by atoms with Crippen LogP contribution in [0.3, 0.4) is 0 Å². The fourth-order valence-electron chi connectivity index (χ4n) is 4.36. The summed E-state index contributed by atoms with van der Waals surface area (Å²) < 4.78 is 0.672. The molecule has 0 aromatic heterocycles. The molecule has 0 saturated carbocycles. The van der Waals surface area contributed by atoms with Gasteiger partial charge < -0.3 is 10.2 Å². The third-order valence-electron chi connectivity index (χ3n) is 5.83. The number of amides is 2. The first-order valence-electron chi connectivity index (χ1n) is 9.12. The number of aliphatic carboxylic acids is 1. The maximum Gasteiger partial charge on any atom is 0.324 e. The molecule has 0 spiro atoms. The summed E-state index contributed by atoms with van der Waals surface area (Å²) in [6.45, 7) is 1.50. The van der Waals surface area contributed by atoms with Crippen molar-refractivity contribution in [1.82, 2.24) is 10.2 Å². The fraction of sp³-hybridized carbons (Fsp3) is 0.286. The average molecular weight is 459 g/mol. The number of carboxylic acids is 1. The van der Waals surface area contributed by atoms with Crippen molar-refractivity contribution >= 4 is 33.7 Å². The standard InChI is InChI=1S/C21H19BrN2O5/c1-21(20(28)29)16-15(17(23-21)13-9-12(22)7-8-14(13)25)18(26)24(19(16)27)10-11-5-3-2-4-6-11/h2-9,15-17,23,25H,10H2,1H3,(H,28,29)/t15-,16+,17+,21-/m0/s1. The Morgan fingerprint density at radius 2 is 1.86 bits per heavy atom. The Bertz CT molecular complexity index is 1010. The van der Waals surface area contributed by atoms with Gasteiger partial charge in [0.05, 0.1) is 18.4 Å². The molecule has 4 rings (SSSR count). The van der Waals surface area contributed by atoms with Crippen LogP contribution in [0.5, 0.6) is 5.75 Å². The quantitative estimate of drug-likeness (QED) is 0.607. The molecule has 0 unspecified atom stereocenters. The molecule has 2 amide bonds. The number of fused-ring (bicyclic) bond motifs is 1. The van der Waals surface area contributed by atoms with E-state index in [1.54, 1.807) is 24.3 Å². The second-order valence-corrected chi connectivity index (χ2v) is 8.50. The van der Waals surface area contributed by atoms with E-state index in [-0.39, 0.29) is 12.3 Å². The van der Waals surface area contributed by atoms with E-state index in [1.165, 1.54) is 13.0 Å². The molecule has 150 valence electrons. The Labute approximate surface area is 175 Å². The van der Waals surface area contributed by atoms with Gasteiger partial charge in [-0.1, -0.05) is 46.3 Å². The normalized spacial score (nSPS) is 28.6. The van der Waals surface area contributed by atoms with Gasteiger partial charge in [-0.2, -0.15) is 0 Å². The number of imide groups is 1. The lowest BCUT2D eigenvalue weighted by Gasteiger charge is -2.27. The number of nitrogens with zero attached hydrogens (tertiary/aromatic N) is 1. The molecule has 2 aromatic rings. The highest BCUT2D eigenvalue weighted by atomic mass is 79.9. The Morgan fingerprint density at radius 3 is 2.52 bits per heavy atom. The van der Waals surface area contributed by atoms with Gasteiger partial charge in [0.25, 0.3) is 0 Å². The van der Waals surface area contributed by atoms with E-state index in [2.05, 4.69) is 21.2 Å². The highest BCUT2D eigenvalue weighted by Gasteiger charge is 2.66. The van der Waals surface area contributed by atoms with Gasteiger partial charge in [-0.15, -0.1) is 0 Å². The Balaban J connectivity index is 1.78. The Hall–Kier alpha value is -2.71. The maximum absolute atomic E-state index is 13.3. The van der Waals surface area contributed by atoms with Crippen molar-refractivity contribution in [2.75, 3.05) is 0 Å². The number of nitrogens with one attached hydrogen (secondary N) is 1. The summed E-state index contributed by atoms with van der Waals surface area (Å²) >= 11 is 3.34. The molecule has 29 heavy (non-hydrogen) atoms. The molecule has 7 nitrogen and oxygen atoms in total. The largest absolute Gasteiger partial charge is 0.508 e. The molecule has 3 N–H and O–H groups in total. The van der Waals surface area contributed by atoms with Crippen LogP contribution in [0.1, 0.15) is 24.1 Å². The number of carbonyl (C=O) groups excluding carboxylic acids is 2. The van der Waals surface area contributed by atoms with E-state index in [4.69, 9.17) is 0 Å². The van der Waals surface area contributed by atoms with E-state index < -0.39 is 41.2 Å². The number of likely N-dealkylation sites (tertiary alicyclic amines) is 1.